The molecule has 4 heteroatoms. The van der Waals surface area contributed by atoms with Gasteiger partial charge in [0.05, 0.1) is 11.0 Å². The molecule has 1 atom stereocenters. The molecular formula is C28H29N3O. The smallest absolute Gasteiger partial charge is 0.227 e. The Morgan fingerprint density at radius 3 is 2.44 bits per heavy atom. The molecule has 5 rings (SSSR count). The summed E-state index contributed by atoms with van der Waals surface area (Å²) in [6, 6.07) is 21.2. The second kappa shape index (κ2) is 7.94. The van der Waals surface area contributed by atoms with Crippen molar-refractivity contribution in [1.29, 1.82) is 0 Å². The Morgan fingerprint density at radius 1 is 0.906 bits per heavy atom. The van der Waals surface area contributed by atoms with Gasteiger partial charge in [-0.1, -0.05) is 42.0 Å². The molecule has 0 radical (unpaired) electrons. The van der Waals surface area contributed by atoms with Crippen LogP contribution < -0.4 is 4.90 Å². The van der Waals surface area contributed by atoms with Crippen molar-refractivity contribution in [3.8, 4) is 0 Å². The summed E-state index contributed by atoms with van der Waals surface area (Å²) in [4.78, 5) is 20.0. The van der Waals surface area contributed by atoms with Gasteiger partial charge in [0.25, 0.3) is 0 Å². The highest BCUT2D eigenvalue weighted by Gasteiger charge is 2.35. The molecule has 3 aromatic carbocycles. The van der Waals surface area contributed by atoms with Crippen LogP contribution in [0.15, 0.2) is 60.7 Å². The minimum atomic E-state index is 0.0702. The maximum atomic E-state index is 13.1. The summed E-state index contributed by atoms with van der Waals surface area (Å²) in [5.74, 6) is 1.25. The van der Waals surface area contributed by atoms with Gasteiger partial charge in [-0.25, -0.2) is 4.98 Å². The first-order valence-corrected chi connectivity index (χ1v) is 11.3. The fourth-order valence-electron chi connectivity index (χ4n) is 4.95. The highest BCUT2D eigenvalue weighted by atomic mass is 16.2. The molecule has 0 saturated carbocycles. The molecule has 0 bridgehead atoms. The molecule has 0 N–H and O–H groups in total. The largest absolute Gasteiger partial charge is 0.323 e. The molecule has 1 fully saturated rings. The molecule has 1 aliphatic heterocycles. The van der Waals surface area contributed by atoms with Crippen LogP contribution in [-0.2, 0) is 11.3 Å². The molecule has 1 aliphatic rings. The molecule has 4 aromatic rings. The van der Waals surface area contributed by atoms with Gasteiger partial charge in [-0.05, 0) is 74.2 Å². The Labute approximate surface area is 189 Å². The summed E-state index contributed by atoms with van der Waals surface area (Å²) < 4.78 is 2.32. The molecule has 1 saturated heterocycles. The van der Waals surface area contributed by atoms with Gasteiger partial charge in [-0.15, -0.1) is 0 Å². The van der Waals surface area contributed by atoms with Crippen LogP contribution in [0, 0.1) is 27.7 Å². The Kier molecular flexibility index (Phi) is 5.09. The zero-order valence-corrected chi connectivity index (χ0v) is 19.2. The van der Waals surface area contributed by atoms with Crippen molar-refractivity contribution in [3.05, 3.63) is 94.3 Å². The van der Waals surface area contributed by atoms with Gasteiger partial charge in [0, 0.05) is 31.1 Å². The topological polar surface area (TPSA) is 38.1 Å². The summed E-state index contributed by atoms with van der Waals surface area (Å²) >= 11 is 0. The molecule has 1 amide bonds. The molecule has 0 aliphatic carbocycles. The zero-order valence-electron chi connectivity index (χ0n) is 19.2. The first kappa shape index (κ1) is 20.5. The third kappa shape index (κ3) is 3.70. The van der Waals surface area contributed by atoms with E-state index in [1.807, 2.05) is 11.0 Å². The molecule has 0 spiro atoms. The number of para-hydroxylation sites is 2. The van der Waals surface area contributed by atoms with Gasteiger partial charge in [0.1, 0.15) is 5.82 Å². The van der Waals surface area contributed by atoms with Crippen molar-refractivity contribution in [1.82, 2.24) is 9.55 Å². The lowest BCUT2D eigenvalue weighted by Crippen LogP contribution is -2.24. The number of imidazole rings is 1. The highest BCUT2D eigenvalue weighted by Crippen LogP contribution is 2.34. The van der Waals surface area contributed by atoms with E-state index in [4.69, 9.17) is 4.98 Å². The average molecular weight is 424 g/mol. The molecule has 162 valence electrons. The van der Waals surface area contributed by atoms with Crippen LogP contribution in [0.5, 0.6) is 0 Å². The van der Waals surface area contributed by atoms with Crippen LogP contribution in [-0.4, -0.2) is 22.0 Å². The third-order valence-corrected chi connectivity index (χ3v) is 6.53. The number of anilines is 1. The highest BCUT2D eigenvalue weighted by molar-refractivity contribution is 5.96. The maximum Gasteiger partial charge on any atom is 0.227 e. The van der Waals surface area contributed by atoms with Crippen molar-refractivity contribution in [3.63, 3.8) is 0 Å². The van der Waals surface area contributed by atoms with E-state index in [0.29, 0.717) is 13.0 Å². The van der Waals surface area contributed by atoms with Crippen LogP contribution in [0.1, 0.15) is 46.0 Å². The number of rotatable bonds is 4. The van der Waals surface area contributed by atoms with Crippen LogP contribution >= 0.6 is 0 Å². The Balaban J connectivity index is 1.55. The molecule has 1 aromatic heterocycles. The number of benzene rings is 3. The van der Waals surface area contributed by atoms with E-state index in [9.17, 15) is 4.79 Å². The summed E-state index contributed by atoms with van der Waals surface area (Å²) in [7, 11) is 0. The van der Waals surface area contributed by atoms with E-state index < -0.39 is 0 Å². The predicted octanol–water partition coefficient (Wildman–Crippen LogP) is 5.84. The number of aromatic nitrogens is 2. The lowest BCUT2D eigenvalue weighted by Gasteiger charge is -2.19. The number of hydrogen-bond acceptors (Lipinski definition) is 2. The van der Waals surface area contributed by atoms with Crippen molar-refractivity contribution in [2.24, 2.45) is 0 Å². The molecule has 0 unspecified atom stereocenters. The Bertz CT molecular complexity index is 1310. The first-order valence-electron chi connectivity index (χ1n) is 11.3. The van der Waals surface area contributed by atoms with Crippen LogP contribution in [0.3, 0.4) is 0 Å². The second-order valence-electron chi connectivity index (χ2n) is 9.23. The Hall–Kier alpha value is -3.40. The quantitative estimate of drug-likeness (QED) is 0.414. The fraction of sp³-hybridized carbons (Fsp3) is 0.286. The summed E-state index contributed by atoms with van der Waals surface area (Å²) in [6.45, 7) is 9.88. The van der Waals surface area contributed by atoms with Gasteiger partial charge >= 0.3 is 0 Å². The van der Waals surface area contributed by atoms with E-state index in [0.717, 1.165) is 29.1 Å². The van der Waals surface area contributed by atoms with E-state index in [1.54, 1.807) is 0 Å². The minimum Gasteiger partial charge on any atom is -0.323 e. The number of carbonyl (C=O) groups excluding carboxylic acids is 1. The van der Waals surface area contributed by atoms with E-state index in [1.165, 1.54) is 27.8 Å². The molecular weight excluding hydrogens is 394 g/mol. The summed E-state index contributed by atoms with van der Waals surface area (Å²) in [5.41, 5.74) is 9.30. The summed E-state index contributed by atoms with van der Waals surface area (Å²) in [5, 5.41) is 0. The van der Waals surface area contributed by atoms with Crippen molar-refractivity contribution in [2.45, 2.75) is 46.6 Å². The van der Waals surface area contributed by atoms with Gasteiger partial charge in [-0.2, -0.15) is 0 Å². The van der Waals surface area contributed by atoms with E-state index >= 15 is 0 Å². The monoisotopic (exact) mass is 423 g/mol. The molecule has 4 nitrogen and oxygen atoms in total. The minimum absolute atomic E-state index is 0.0702. The number of fused-ring (bicyclic) bond motifs is 1. The number of carbonyl (C=O) groups is 1. The van der Waals surface area contributed by atoms with E-state index in [-0.39, 0.29) is 11.8 Å². The second-order valence-corrected chi connectivity index (χ2v) is 9.23. The maximum absolute atomic E-state index is 13.1. The van der Waals surface area contributed by atoms with Crippen LogP contribution in [0.25, 0.3) is 11.0 Å². The number of hydrogen-bond donors (Lipinski definition) is 0. The number of aryl methyl sites for hydroxylation is 4. The number of nitrogens with zero attached hydrogens (tertiary/aromatic N) is 3. The van der Waals surface area contributed by atoms with Gasteiger partial charge in [0.2, 0.25) is 5.91 Å². The van der Waals surface area contributed by atoms with Crippen LogP contribution in [0.2, 0.25) is 0 Å². The third-order valence-electron chi connectivity index (χ3n) is 6.53. The summed E-state index contributed by atoms with van der Waals surface area (Å²) in [6.07, 6.45) is 0.489. The zero-order chi connectivity index (χ0) is 22.4. The van der Waals surface area contributed by atoms with Crippen molar-refractivity contribution in [2.75, 3.05) is 11.4 Å². The average Bonchev–Trinajstić information content (AvgIpc) is 3.31. The predicted molar refractivity (Wildman–Crippen MR) is 130 cm³/mol. The normalized spacial score (nSPS) is 16.3. The lowest BCUT2D eigenvalue weighted by molar-refractivity contribution is -0.117. The molecule has 2 heterocycles. The van der Waals surface area contributed by atoms with Gasteiger partial charge in [0.15, 0.2) is 0 Å². The lowest BCUT2D eigenvalue weighted by atomic mass is 10.0. The van der Waals surface area contributed by atoms with Crippen molar-refractivity contribution >= 4 is 22.6 Å². The Morgan fingerprint density at radius 2 is 1.66 bits per heavy atom. The van der Waals surface area contributed by atoms with E-state index in [2.05, 4.69) is 86.9 Å². The first-order chi connectivity index (χ1) is 15.4. The SMILES string of the molecule is Cc1cc(C)cc(N2C[C@@H](c3nc4ccccc4n3Cc3cc(C)ccc3C)CC2=O)c1. The molecule has 32 heavy (non-hydrogen) atoms. The fourth-order valence-corrected chi connectivity index (χ4v) is 4.95. The van der Waals surface area contributed by atoms with Crippen LogP contribution in [0.4, 0.5) is 5.69 Å². The standard InChI is InChI=1S/C28H29N3O/c1-18-9-10-21(4)22(12-18)16-31-26-8-6-5-7-25(26)29-28(31)23-15-27(32)30(17-23)24-13-19(2)11-20(3)14-24/h5-14,23H,15-17H2,1-4H3/t23-/m0/s1. The number of amides is 1. The van der Waals surface area contributed by atoms with Gasteiger partial charge in [-0.3, -0.25) is 4.79 Å². The van der Waals surface area contributed by atoms with Crippen molar-refractivity contribution < 1.29 is 4.79 Å². The van der Waals surface area contributed by atoms with Gasteiger partial charge < -0.3 is 9.47 Å².